The number of hydrogen-bond acceptors (Lipinski definition) is 8. The molecule has 0 saturated carbocycles. The molecule has 1 aliphatic rings. The van der Waals surface area contributed by atoms with Crippen LogP contribution in [0.5, 0.6) is 0 Å². The largest absolute Gasteiger partial charge is 0.484 e. The zero-order chi connectivity index (χ0) is 16.7. The molecule has 124 valence electrons. The summed E-state index contributed by atoms with van der Waals surface area (Å²) >= 11 is 0. The van der Waals surface area contributed by atoms with Crippen molar-refractivity contribution in [3.63, 3.8) is 0 Å². The van der Waals surface area contributed by atoms with Gasteiger partial charge in [-0.3, -0.25) is 10.4 Å². The van der Waals surface area contributed by atoms with E-state index in [9.17, 15) is 10.2 Å². The second-order valence-electron chi connectivity index (χ2n) is 4.62. The van der Waals surface area contributed by atoms with Crippen LogP contribution in [-0.2, 0) is 4.74 Å². The van der Waals surface area contributed by atoms with Gasteiger partial charge in [-0.15, -0.1) is 0 Å². The molecule has 10 nitrogen and oxygen atoms in total. The van der Waals surface area contributed by atoms with Crippen LogP contribution in [-0.4, -0.2) is 75.9 Å². The lowest BCUT2D eigenvalue weighted by Gasteiger charge is -2.38. The highest BCUT2D eigenvalue weighted by molar-refractivity contribution is 5.78. The summed E-state index contributed by atoms with van der Waals surface area (Å²) in [6, 6.07) is -1.36. The summed E-state index contributed by atoms with van der Waals surface area (Å²) in [4.78, 5) is 4.16. The third-order valence-corrected chi connectivity index (χ3v) is 3.07. The monoisotopic (exact) mass is 315 g/mol. The van der Waals surface area contributed by atoms with E-state index in [1.165, 1.54) is 12.3 Å². The summed E-state index contributed by atoms with van der Waals surface area (Å²) in [5, 5.41) is 50.1. The summed E-state index contributed by atoms with van der Waals surface area (Å²) in [6.45, 7) is 0.993. The Hall–Kier alpha value is -2.17. The van der Waals surface area contributed by atoms with Crippen molar-refractivity contribution in [1.82, 2.24) is 5.32 Å². The number of aliphatic imine (C=N–C) groups is 1. The van der Waals surface area contributed by atoms with Gasteiger partial charge in [0.25, 0.3) is 0 Å². The van der Waals surface area contributed by atoms with Crippen LogP contribution in [0.1, 0.15) is 6.92 Å². The number of rotatable bonds is 6. The standard InChI is InChI=1S/C12H21N5O5/c1-2-15-9-7(17-12(13)14)3-6(4-16-21)22-11(9)10(20)8(19)5-18/h2-4,7-11,18-21H,5H2,1H3,(H4,13,14,17)/b15-2+,16-4+/t7-,8+,9+,10+,11+/m0/s1. The molecule has 0 spiro atoms. The van der Waals surface area contributed by atoms with Crippen molar-refractivity contribution in [2.45, 2.75) is 37.3 Å². The Labute approximate surface area is 127 Å². The van der Waals surface area contributed by atoms with Gasteiger partial charge in [0.1, 0.15) is 30.2 Å². The zero-order valence-electron chi connectivity index (χ0n) is 12.0. The van der Waals surface area contributed by atoms with Gasteiger partial charge in [0.15, 0.2) is 12.1 Å². The van der Waals surface area contributed by atoms with Crippen LogP contribution in [0.2, 0.25) is 0 Å². The highest BCUT2D eigenvalue weighted by atomic mass is 16.5. The van der Waals surface area contributed by atoms with Crippen LogP contribution in [0.25, 0.3) is 0 Å². The molecule has 1 aliphatic heterocycles. The van der Waals surface area contributed by atoms with Crippen molar-refractivity contribution in [2.24, 2.45) is 15.9 Å². The summed E-state index contributed by atoms with van der Waals surface area (Å²) < 4.78 is 5.45. The van der Waals surface area contributed by atoms with Gasteiger partial charge < -0.3 is 36.3 Å². The smallest absolute Gasteiger partial charge is 0.186 e. The van der Waals surface area contributed by atoms with Gasteiger partial charge in [0.2, 0.25) is 0 Å². The van der Waals surface area contributed by atoms with Crippen LogP contribution >= 0.6 is 0 Å². The quantitative estimate of drug-likeness (QED) is 0.125. The van der Waals surface area contributed by atoms with Gasteiger partial charge in [-0.1, -0.05) is 5.16 Å². The van der Waals surface area contributed by atoms with E-state index in [1.54, 1.807) is 6.92 Å². The molecule has 5 atom stereocenters. The molecule has 0 aromatic heterocycles. The van der Waals surface area contributed by atoms with Gasteiger partial charge >= 0.3 is 0 Å². The molecule has 0 unspecified atom stereocenters. The first-order chi connectivity index (χ1) is 10.4. The van der Waals surface area contributed by atoms with Crippen LogP contribution in [0, 0.1) is 5.41 Å². The maximum absolute atomic E-state index is 10.1. The number of ether oxygens (including phenoxy) is 1. The van der Waals surface area contributed by atoms with Crippen LogP contribution in [0.15, 0.2) is 22.0 Å². The Morgan fingerprint density at radius 2 is 2.27 bits per heavy atom. The fourth-order valence-electron chi connectivity index (χ4n) is 2.13. The van der Waals surface area contributed by atoms with E-state index in [1.807, 2.05) is 0 Å². The molecule has 1 heterocycles. The van der Waals surface area contributed by atoms with Crippen molar-refractivity contribution in [1.29, 1.82) is 5.41 Å². The molecule has 0 aromatic rings. The first-order valence-corrected chi connectivity index (χ1v) is 6.55. The maximum Gasteiger partial charge on any atom is 0.186 e. The van der Waals surface area contributed by atoms with Crippen molar-refractivity contribution < 1.29 is 25.3 Å². The van der Waals surface area contributed by atoms with Gasteiger partial charge in [0, 0.05) is 0 Å². The normalized spacial score (nSPS) is 28.2. The number of oxime groups is 1. The second kappa shape index (κ2) is 8.32. The summed E-state index contributed by atoms with van der Waals surface area (Å²) in [5.74, 6) is -0.228. The topological polar surface area (TPSA) is 177 Å². The molecule has 0 radical (unpaired) electrons. The SMILES string of the molecule is C/C=N/[C@H]1[C@H]([C@H](O)[C@H](O)CO)OC(/C=N/O)=C[C@@H]1NC(=N)N. The molecule has 22 heavy (non-hydrogen) atoms. The van der Waals surface area contributed by atoms with Crippen LogP contribution < -0.4 is 11.1 Å². The van der Waals surface area contributed by atoms with Crippen molar-refractivity contribution in [3.05, 3.63) is 11.8 Å². The molecule has 0 bridgehead atoms. The molecule has 0 saturated heterocycles. The molecular weight excluding hydrogens is 294 g/mol. The Balaban J connectivity index is 3.16. The zero-order valence-corrected chi connectivity index (χ0v) is 12.0. The Morgan fingerprint density at radius 3 is 2.77 bits per heavy atom. The van der Waals surface area contributed by atoms with E-state index in [0.29, 0.717) is 0 Å². The maximum atomic E-state index is 10.1. The predicted molar refractivity (Wildman–Crippen MR) is 79.1 cm³/mol. The fraction of sp³-hybridized carbons (Fsp3) is 0.583. The van der Waals surface area contributed by atoms with Crippen LogP contribution in [0.4, 0.5) is 0 Å². The van der Waals surface area contributed by atoms with Crippen molar-refractivity contribution in [3.8, 4) is 0 Å². The van der Waals surface area contributed by atoms with E-state index >= 15 is 0 Å². The Kier molecular flexibility index (Phi) is 6.76. The molecule has 1 rings (SSSR count). The highest BCUT2D eigenvalue weighted by Crippen LogP contribution is 2.24. The van der Waals surface area contributed by atoms with E-state index in [-0.39, 0.29) is 11.7 Å². The number of hydrogen-bond donors (Lipinski definition) is 7. The molecule has 0 aliphatic carbocycles. The third-order valence-electron chi connectivity index (χ3n) is 3.07. The van der Waals surface area contributed by atoms with E-state index in [2.05, 4.69) is 15.5 Å². The van der Waals surface area contributed by atoms with Crippen LogP contribution in [0.3, 0.4) is 0 Å². The molecule has 0 amide bonds. The number of aliphatic hydroxyl groups excluding tert-OH is 3. The van der Waals surface area contributed by atoms with Gasteiger partial charge in [-0.05, 0) is 19.2 Å². The lowest BCUT2D eigenvalue weighted by molar-refractivity contribution is -0.0953. The first kappa shape index (κ1) is 17.9. The number of nitrogens with zero attached hydrogens (tertiary/aromatic N) is 2. The lowest BCUT2D eigenvalue weighted by Crippen LogP contribution is -2.57. The number of allylic oxidation sites excluding steroid dienone is 1. The minimum absolute atomic E-state index is 0.0954. The summed E-state index contributed by atoms with van der Waals surface area (Å²) in [7, 11) is 0. The summed E-state index contributed by atoms with van der Waals surface area (Å²) in [6.07, 6.45) is 0.00764. The van der Waals surface area contributed by atoms with Gasteiger partial charge in [-0.25, -0.2) is 0 Å². The minimum atomic E-state index is -1.45. The third kappa shape index (κ3) is 4.41. The molecule has 0 fully saturated rings. The fourth-order valence-corrected chi connectivity index (χ4v) is 2.13. The average Bonchev–Trinajstić information content (AvgIpc) is 2.47. The highest BCUT2D eigenvalue weighted by Gasteiger charge is 2.41. The molecule has 8 N–H and O–H groups in total. The van der Waals surface area contributed by atoms with E-state index in [4.69, 9.17) is 26.2 Å². The molecule has 0 aromatic carbocycles. The first-order valence-electron chi connectivity index (χ1n) is 6.55. The lowest BCUT2D eigenvalue weighted by atomic mass is 9.92. The number of guanidine groups is 1. The van der Waals surface area contributed by atoms with Gasteiger partial charge in [-0.2, -0.15) is 0 Å². The molecule has 10 heteroatoms. The molecular formula is C12H21N5O5. The van der Waals surface area contributed by atoms with E-state index in [0.717, 1.165) is 6.21 Å². The Bertz CT molecular complexity index is 467. The number of nitrogens with one attached hydrogen (secondary N) is 2. The van der Waals surface area contributed by atoms with Gasteiger partial charge in [0.05, 0.1) is 12.6 Å². The average molecular weight is 315 g/mol. The van der Waals surface area contributed by atoms with Crippen molar-refractivity contribution in [2.75, 3.05) is 6.61 Å². The number of aliphatic hydroxyl groups is 3. The van der Waals surface area contributed by atoms with E-state index < -0.39 is 37.0 Å². The van der Waals surface area contributed by atoms with Crippen molar-refractivity contribution >= 4 is 18.4 Å². The predicted octanol–water partition coefficient (Wildman–Crippen LogP) is -2.25. The Morgan fingerprint density at radius 1 is 1.59 bits per heavy atom. The second-order valence-corrected chi connectivity index (χ2v) is 4.62. The number of nitrogens with two attached hydrogens (primary N) is 1. The summed E-state index contributed by atoms with van der Waals surface area (Å²) in [5.41, 5.74) is 5.32. The minimum Gasteiger partial charge on any atom is -0.484 e.